The summed E-state index contributed by atoms with van der Waals surface area (Å²) in [5.41, 5.74) is 8.75. The molecule has 3 atom stereocenters. The maximum absolute atomic E-state index is 11.9. The lowest BCUT2D eigenvalue weighted by Gasteiger charge is -2.35. The SMILES string of the molecule is C[C@@H](O)C(=O)N1CCN(CCC2COc3cc(Oc4ccc(C5CCNN5)cn4)ccc32)CC1. The van der Waals surface area contributed by atoms with E-state index in [-0.39, 0.29) is 5.91 Å². The van der Waals surface area contributed by atoms with Crippen LogP contribution in [0.3, 0.4) is 0 Å². The highest BCUT2D eigenvalue weighted by molar-refractivity contribution is 5.80. The summed E-state index contributed by atoms with van der Waals surface area (Å²) in [6.45, 7) is 7.15. The Labute approximate surface area is 200 Å². The van der Waals surface area contributed by atoms with Gasteiger partial charge in [-0.3, -0.25) is 20.5 Å². The van der Waals surface area contributed by atoms with Crippen molar-refractivity contribution in [3.05, 3.63) is 47.7 Å². The fraction of sp³-hybridized carbons (Fsp3) is 0.520. The van der Waals surface area contributed by atoms with Gasteiger partial charge in [-0.25, -0.2) is 4.98 Å². The van der Waals surface area contributed by atoms with E-state index >= 15 is 0 Å². The van der Waals surface area contributed by atoms with Crippen molar-refractivity contribution in [1.82, 2.24) is 25.6 Å². The number of nitrogens with zero attached hydrogens (tertiary/aromatic N) is 3. The quantitative estimate of drug-likeness (QED) is 0.567. The molecular formula is C25H33N5O4. The van der Waals surface area contributed by atoms with Gasteiger partial charge in [0.25, 0.3) is 5.91 Å². The first-order chi connectivity index (χ1) is 16.6. The molecule has 2 fully saturated rings. The van der Waals surface area contributed by atoms with Crippen molar-refractivity contribution >= 4 is 5.91 Å². The number of hydrazine groups is 1. The van der Waals surface area contributed by atoms with E-state index in [1.54, 1.807) is 4.90 Å². The second-order valence-corrected chi connectivity index (χ2v) is 9.28. The van der Waals surface area contributed by atoms with Crippen LogP contribution in [0.25, 0.3) is 0 Å². The maximum Gasteiger partial charge on any atom is 0.251 e. The number of rotatable bonds is 7. The zero-order valence-corrected chi connectivity index (χ0v) is 19.6. The van der Waals surface area contributed by atoms with Gasteiger partial charge in [0.05, 0.1) is 6.61 Å². The lowest BCUT2D eigenvalue weighted by atomic mass is 9.97. The Balaban J connectivity index is 1.12. The maximum atomic E-state index is 11.9. The van der Waals surface area contributed by atoms with Gasteiger partial charge >= 0.3 is 0 Å². The molecule has 1 aromatic carbocycles. The van der Waals surface area contributed by atoms with Crippen molar-refractivity contribution in [2.24, 2.45) is 0 Å². The van der Waals surface area contributed by atoms with Crippen LogP contribution in [0.15, 0.2) is 36.5 Å². The summed E-state index contributed by atoms with van der Waals surface area (Å²) in [4.78, 5) is 20.5. The Bertz CT molecular complexity index is 985. The number of aromatic nitrogens is 1. The number of amides is 1. The smallest absolute Gasteiger partial charge is 0.251 e. The molecule has 9 heteroatoms. The largest absolute Gasteiger partial charge is 0.493 e. The predicted octanol–water partition coefficient (Wildman–Crippen LogP) is 1.80. The highest BCUT2D eigenvalue weighted by Gasteiger charge is 2.27. The first-order valence-corrected chi connectivity index (χ1v) is 12.1. The highest BCUT2D eigenvalue weighted by Crippen LogP contribution is 2.39. The first-order valence-electron chi connectivity index (χ1n) is 12.1. The minimum atomic E-state index is -0.922. The summed E-state index contributed by atoms with van der Waals surface area (Å²) in [6, 6.07) is 10.3. The molecule has 0 radical (unpaired) electrons. The zero-order valence-electron chi connectivity index (χ0n) is 19.6. The average Bonchev–Trinajstić information content (AvgIpc) is 3.53. The summed E-state index contributed by atoms with van der Waals surface area (Å²) in [5.74, 6) is 2.35. The van der Waals surface area contributed by atoms with E-state index in [1.807, 2.05) is 30.5 Å². The van der Waals surface area contributed by atoms with E-state index in [0.29, 0.717) is 37.5 Å². The number of benzene rings is 1. The van der Waals surface area contributed by atoms with Crippen LogP contribution in [0.4, 0.5) is 0 Å². The number of pyridine rings is 1. The fourth-order valence-electron chi connectivity index (χ4n) is 4.87. The summed E-state index contributed by atoms with van der Waals surface area (Å²) < 4.78 is 11.9. The monoisotopic (exact) mass is 467 g/mol. The lowest BCUT2D eigenvalue weighted by molar-refractivity contribution is -0.141. The van der Waals surface area contributed by atoms with E-state index in [0.717, 1.165) is 56.1 Å². The van der Waals surface area contributed by atoms with E-state index in [2.05, 4.69) is 26.8 Å². The van der Waals surface area contributed by atoms with Gasteiger partial charge in [0.1, 0.15) is 17.6 Å². The molecule has 34 heavy (non-hydrogen) atoms. The molecule has 3 aliphatic heterocycles. The molecule has 2 aromatic rings. The molecule has 0 saturated carbocycles. The van der Waals surface area contributed by atoms with Crippen LogP contribution in [0.2, 0.25) is 0 Å². The number of aliphatic hydroxyl groups excluding tert-OH is 1. The lowest BCUT2D eigenvalue weighted by Crippen LogP contribution is -2.51. The molecule has 1 aromatic heterocycles. The second kappa shape index (κ2) is 10.3. The molecule has 0 aliphatic carbocycles. The molecule has 9 nitrogen and oxygen atoms in total. The van der Waals surface area contributed by atoms with E-state index in [9.17, 15) is 9.90 Å². The predicted molar refractivity (Wildman–Crippen MR) is 127 cm³/mol. The van der Waals surface area contributed by atoms with Crippen LogP contribution in [-0.4, -0.2) is 77.8 Å². The Morgan fingerprint density at radius 1 is 1.26 bits per heavy atom. The first kappa shape index (κ1) is 23.0. The number of hydrogen-bond acceptors (Lipinski definition) is 8. The summed E-state index contributed by atoms with van der Waals surface area (Å²) >= 11 is 0. The van der Waals surface area contributed by atoms with E-state index < -0.39 is 6.10 Å². The van der Waals surface area contributed by atoms with Crippen molar-refractivity contribution < 1.29 is 19.4 Å². The van der Waals surface area contributed by atoms with Crippen LogP contribution in [-0.2, 0) is 4.79 Å². The topological polar surface area (TPSA) is 99.2 Å². The Morgan fingerprint density at radius 2 is 2.12 bits per heavy atom. The number of aliphatic hydroxyl groups is 1. The Hall–Kier alpha value is -2.72. The van der Waals surface area contributed by atoms with Crippen molar-refractivity contribution in [3.63, 3.8) is 0 Å². The molecule has 4 heterocycles. The van der Waals surface area contributed by atoms with Gasteiger partial charge in [-0.1, -0.05) is 12.1 Å². The van der Waals surface area contributed by atoms with Gasteiger partial charge in [-0.05, 0) is 37.9 Å². The van der Waals surface area contributed by atoms with Crippen LogP contribution in [0.1, 0.15) is 42.9 Å². The molecule has 3 N–H and O–H groups in total. The van der Waals surface area contributed by atoms with Crippen molar-refractivity contribution in [2.75, 3.05) is 45.9 Å². The number of ether oxygens (including phenoxy) is 2. The number of hydrogen-bond donors (Lipinski definition) is 3. The van der Waals surface area contributed by atoms with Crippen LogP contribution >= 0.6 is 0 Å². The molecule has 3 aliphatic rings. The van der Waals surface area contributed by atoms with Gasteiger partial charge in [-0.2, -0.15) is 0 Å². The van der Waals surface area contributed by atoms with Crippen molar-refractivity contribution in [1.29, 1.82) is 0 Å². The fourth-order valence-corrected chi connectivity index (χ4v) is 4.87. The standard InChI is InChI=1S/C25H33N5O4/c1-17(31)25(32)30-12-10-29(11-13-30)9-7-19-16-33-23-14-20(3-4-21(19)23)34-24-5-2-18(15-26-24)22-6-8-27-28-22/h2-5,14-15,17,19,22,27-28,31H,6-13,16H2,1H3/t17-,19?,22?/m1/s1. The number of carbonyl (C=O) groups excluding carboxylic acids is 1. The van der Waals surface area contributed by atoms with Crippen molar-refractivity contribution in [2.45, 2.75) is 37.8 Å². The third-order valence-electron chi connectivity index (χ3n) is 6.92. The van der Waals surface area contributed by atoms with Gasteiger partial charge in [0.15, 0.2) is 0 Å². The van der Waals surface area contributed by atoms with Crippen LogP contribution < -0.4 is 20.3 Å². The minimum Gasteiger partial charge on any atom is -0.493 e. The molecule has 2 saturated heterocycles. The van der Waals surface area contributed by atoms with E-state index in [4.69, 9.17) is 9.47 Å². The van der Waals surface area contributed by atoms with Gasteiger partial charge in [0, 0.05) is 68.6 Å². The summed E-state index contributed by atoms with van der Waals surface area (Å²) in [6.07, 6.45) is 2.99. The average molecular weight is 468 g/mol. The van der Waals surface area contributed by atoms with Gasteiger partial charge in [-0.15, -0.1) is 0 Å². The Morgan fingerprint density at radius 3 is 2.82 bits per heavy atom. The van der Waals surface area contributed by atoms with Gasteiger partial charge < -0.3 is 19.5 Å². The third kappa shape index (κ3) is 5.17. The van der Waals surface area contributed by atoms with Crippen LogP contribution in [0, 0.1) is 0 Å². The van der Waals surface area contributed by atoms with Crippen LogP contribution in [0.5, 0.6) is 17.4 Å². The number of carbonyl (C=O) groups is 1. The van der Waals surface area contributed by atoms with E-state index in [1.165, 1.54) is 12.5 Å². The molecule has 5 rings (SSSR count). The normalized spacial score (nSPS) is 23.4. The highest BCUT2D eigenvalue weighted by atomic mass is 16.5. The number of piperazine rings is 1. The Kier molecular flexibility index (Phi) is 6.96. The molecule has 0 bridgehead atoms. The molecule has 0 spiro atoms. The number of nitrogens with one attached hydrogen (secondary N) is 2. The molecule has 2 unspecified atom stereocenters. The minimum absolute atomic E-state index is 0.176. The summed E-state index contributed by atoms with van der Waals surface area (Å²) in [7, 11) is 0. The summed E-state index contributed by atoms with van der Waals surface area (Å²) in [5, 5.41) is 9.50. The molecule has 1 amide bonds. The molecule has 182 valence electrons. The second-order valence-electron chi connectivity index (χ2n) is 9.28. The zero-order chi connectivity index (χ0) is 23.5. The van der Waals surface area contributed by atoms with Crippen molar-refractivity contribution in [3.8, 4) is 17.4 Å². The number of fused-ring (bicyclic) bond motifs is 1. The van der Waals surface area contributed by atoms with Gasteiger partial charge in [0.2, 0.25) is 5.88 Å². The molecular weight excluding hydrogens is 434 g/mol. The third-order valence-corrected chi connectivity index (χ3v) is 6.92.